The molecule has 0 saturated carbocycles. The molecular formula is C13H22N4O2. The van der Waals surface area contributed by atoms with Crippen LogP contribution in [0.25, 0.3) is 0 Å². The summed E-state index contributed by atoms with van der Waals surface area (Å²) in [5.74, 6) is -0.0456. The molecule has 1 heterocycles. The van der Waals surface area contributed by atoms with Gasteiger partial charge in [-0.05, 0) is 40.9 Å². The van der Waals surface area contributed by atoms with Crippen molar-refractivity contribution in [1.82, 2.24) is 19.8 Å². The van der Waals surface area contributed by atoms with E-state index in [-0.39, 0.29) is 17.6 Å². The van der Waals surface area contributed by atoms with Crippen LogP contribution in [0.3, 0.4) is 0 Å². The molecule has 0 radical (unpaired) electrons. The van der Waals surface area contributed by atoms with Crippen LogP contribution in [0, 0.1) is 13.8 Å². The number of hydrogen-bond donors (Lipinski definition) is 1. The maximum atomic E-state index is 11.7. The second-order valence-corrected chi connectivity index (χ2v) is 4.90. The van der Waals surface area contributed by atoms with E-state index in [1.165, 1.54) is 0 Å². The van der Waals surface area contributed by atoms with E-state index in [0.29, 0.717) is 18.8 Å². The van der Waals surface area contributed by atoms with Gasteiger partial charge in [0.15, 0.2) is 0 Å². The van der Waals surface area contributed by atoms with E-state index in [4.69, 9.17) is 0 Å². The Morgan fingerprint density at radius 3 is 2.63 bits per heavy atom. The van der Waals surface area contributed by atoms with Gasteiger partial charge in [0.25, 0.3) is 0 Å². The summed E-state index contributed by atoms with van der Waals surface area (Å²) in [7, 11) is 3.70. The molecule has 1 rings (SSSR count). The molecule has 1 aromatic heterocycles. The van der Waals surface area contributed by atoms with Crippen LogP contribution in [-0.2, 0) is 11.3 Å². The highest BCUT2D eigenvalue weighted by molar-refractivity contribution is 5.81. The second kappa shape index (κ2) is 6.47. The molecule has 0 spiro atoms. The number of aryl methyl sites for hydroxylation is 2. The minimum atomic E-state index is -0.271. The minimum absolute atomic E-state index is 0.0456. The number of hydrogen-bond acceptors (Lipinski definition) is 4. The number of amides is 1. The van der Waals surface area contributed by atoms with E-state index in [2.05, 4.69) is 10.3 Å². The van der Waals surface area contributed by atoms with Gasteiger partial charge in [0, 0.05) is 24.5 Å². The Hall–Kier alpha value is -1.69. The smallest absolute Gasteiger partial charge is 0.348 e. The van der Waals surface area contributed by atoms with Crippen molar-refractivity contribution in [3.05, 3.63) is 27.9 Å². The predicted octanol–water partition coefficient (Wildman–Crippen LogP) is -0.0736. The summed E-state index contributed by atoms with van der Waals surface area (Å²) in [6, 6.07) is 1.67. The molecule has 6 heteroatoms. The summed E-state index contributed by atoms with van der Waals surface area (Å²) in [4.78, 5) is 29.2. The largest absolute Gasteiger partial charge is 0.353 e. The first-order valence-electron chi connectivity index (χ1n) is 6.32. The second-order valence-electron chi connectivity index (χ2n) is 4.90. The maximum Gasteiger partial charge on any atom is 0.348 e. The lowest BCUT2D eigenvalue weighted by Gasteiger charge is -2.19. The lowest BCUT2D eigenvalue weighted by Crippen LogP contribution is -2.43. The quantitative estimate of drug-likeness (QED) is 0.810. The van der Waals surface area contributed by atoms with Gasteiger partial charge in [-0.1, -0.05) is 0 Å². The van der Waals surface area contributed by atoms with Gasteiger partial charge < -0.3 is 5.32 Å². The van der Waals surface area contributed by atoms with E-state index in [0.717, 1.165) is 5.69 Å². The van der Waals surface area contributed by atoms with E-state index in [1.807, 2.05) is 38.9 Å². The van der Waals surface area contributed by atoms with Gasteiger partial charge in [-0.15, -0.1) is 0 Å². The van der Waals surface area contributed by atoms with Crippen LogP contribution < -0.4 is 11.0 Å². The fourth-order valence-corrected chi connectivity index (χ4v) is 1.72. The predicted molar refractivity (Wildman–Crippen MR) is 74.1 cm³/mol. The van der Waals surface area contributed by atoms with Crippen molar-refractivity contribution in [2.24, 2.45) is 0 Å². The van der Waals surface area contributed by atoms with Gasteiger partial charge in [0.05, 0.1) is 6.04 Å². The van der Waals surface area contributed by atoms with E-state index < -0.39 is 0 Å². The SMILES string of the molecule is Cc1cc(C)n(CCNC(=O)C(C)N(C)C)c(=O)n1. The Kier molecular flexibility index (Phi) is 5.23. The fourth-order valence-electron chi connectivity index (χ4n) is 1.72. The summed E-state index contributed by atoms with van der Waals surface area (Å²) in [6.45, 7) is 6.34. The van der Waals surface area contributed by atoms with Crippen LogP contribution in [0.5, 0.6) is 0 Å². The number of nitrogens with zero attached hydrogens (tertiary/aromatic N) is 3. The van der Waals surface area contributed by atoms with Crippen LogP contribution >= 0.6 is 0 Å². The summed E-state index contributed by atoms with van der Waals surface area (Å²) in [5.41, 5.74) is 1.30. The molecule has 1 amide bonds. The van der Waals surface area contributed by atoms with Gasteiger partial charge in [0.2, 0.25) is 5.91 Å². The van der Waals surface area contributed by atoms with Crippen molar-refractivity contribution in [2.45, 2.75) is 33.4 Å². The first kappa shape index (κ1) is 15.4. The molecular weight excluding hydrogens is 244 g/mol. The molecule has 6 nitrogen and oxygen atoms in total. The molecule has 0 bridgehead atoms. The van der Waals surface area contributed by atoms with Crippen LogP contribution in [-0.4, -0.2) is 47.0 Å². The van der Waals surface area contributed by atoms with Gasteiger partial charge in [-0.2, -0.15) is 4.98 Å². The first-order chi connectivity index (χ1) is 8.82. The lowest BCUT2D eigenvalue weighted by atomic mass is 10.3. The number of nitrogens with one attached hydrogen (secondary N) is 1. The highest BCUT2D eigenvalue weighted by Gasteiger charge is 2.14. The van der Waals surface area contributed by atoms with Crippen molar-refractivity contribution in [1.29, 1.82) is 0 Å². The van der Waals surface area contributed by atoms with Gasteiger partial charge >= 0.3 is 5.69 Å². The molecule has 0 aliphatic carbocycles. The molecule has 0 aromatic carbocycles. The maximum absolute atomic E-state index is 11.7. The van der Waals surface area contributed by atoms with Crippen LogP contribution in [0.2, 0.25) is 0 Å². The summed E-state index contributed by atoms with van der Waals surface area (Å²) < 4.78 is 1.56. The Labute approximate surface area is 113 Å². The molecule has 0 saturated heterocycles. The molecule has 0 aliphatic rings. The van der Waals surface area contributed by atoms with Crippen molar-refractivity contribution < 1.29 is 4.79 Å². The molecule has 0 fully saturated rings. The molecule has 1 atom stereocenters. The van der Waals surface area contributed by atoms with E-state index in [9.17, 15) is 9.59 Å². The third-order valence-corrected chi connectivity index (χ3v) is 3.14. The minimum Gasteiger partial charge on any atom is -0.353 e. The van der Waals surface area contributed by atoms with Crippen molar-refractivity contribution in [3.63, 3.8) is 0 Å². The number of carbonyl (C=O) groups is 1. The summed E-state index contributed by atoms with van der Waals surface area (Å²) in [5, 5.41) is 2.81. The molecule has 106 valence electrons. The Morgan fingerprint density at radius 2 is 2.11 bits per heavy atom. The van der Waals surface area contributed by atoms with Crippen LogP contribution in [0.4, 0.5) is 0 Å². The molecule has 0 aliphatic heterocycles. The van der Waals surface area contributed by atoms with Gasteiger partial charge in [0.1, 0.15) is 0 Å². The number of aromatic nitrogens is 2. The van der Waals surface area contributed by atoms with Crippen molar-refractivity contribution >= 4 is 5.91 Å². The molecule has 1 unspecified atom stereocenters. The Balaban J connectivity index is 2.60. The van der Waals surface area contributed by atoms with Crippen LogP contribution in [0.15, 0.2) is 10.9 Å². The zero-order valence-corrected chi connectivity index (χ0v) is 12.2. The van der Waals surface area contributed by atoms with Crippen LogP contribution in [0.1, 0.15) is 18.3 Å². The normalized spacial score (nSPS) is 12.5. The summed E-state index contributed by atoms with van der Waals surface area (Å²) >= 11 is 0. The van der Waals surface area contributed by atoms with Crippen molar-refractivity contribution in [3.8, 4) is 0 Å². The number of rotatable bonds is 5. The third-order valence-electron chi connectivity index (χ3n) is 3.14. The molecule has 1 aromatic rings. The monoisotopic (exact) mass is 266 g/mol. The molecule has 1 N–H and O–H groups in total. The average molecular weight is 266 g/mol. The Bertz CT molecular complexity index is 508. The zero-order valence-electron chi connectivity index (χ0n) is 12.2. The van der Waals surface area contributed by atoms with Gasteiger partial charge in [-0.25, -0.2) is 4.79 Å². The topological polar surface area (TPSA) is 67.2 Å². The lowest BCUT2D eigenvalue weighted by molar-refractivity contribution is -0.125. The number of carbonyl (C=O) groups excluding carboxylic acids is 1. The summed E-state index contributed by atoms with van der Waals surface area (Å²) in [6.07, 6.45) is 0. The van der Waals surface area contributed by atoms with Crippen molar-refractivity contribution in [2.75, 3.05) is 20.6 Å². The van der Waals surface area contributed by atoms with E-state index in [1.54, 1.807) is 11.5 Å². The average Bonchev–Trinajstić information content (AvgIpc) is 2.30. The Morgan fingerprint density at radius 1 is 1.47 bits per heavy atom. The third kappa shape index (κ3) is 4.17. The highest BCUT2D eigenvalue weighted by atomic mass is 16.2. The molecule has 19 heavy (non-hydrogen) atoms. The number of likely N-dealkylation sites (N-methyl/N-ethyl adjacent to an activating group) is 1. The standard InChI is InChI=1S/C13H22N4O2/c1-9-8-10(2)17(13(19)15-9)7-6-14-12(18)11(3)16(4)5/h8,11H,6-7H2,1-5H3,(H,14,18). The first-order valence-corrected chi connectivity index (χ1v) is 6.32. The highest BCUT2D eigenvalue weighted by Crippen LogP contribution is 1.96. The van der Waals surface area contributed by atoms with Gasteiger partial charge in [-0.3, -0.25) is 14.3 Å². The fraction of sp³-hybridized carbons (Fsp3) is 0.615. The zero-order chi connectivity index (χ0) is 14.6. The van der Waals surface area contributed by atoms with E-state index >= 15 is 0 Å².